The first-order valence-electron chi connectivity index (χ1n) is 8.58. The first-order chi connectivity index (χ1) is 12.5. The number of ether oxygens (including phenoxy) is 1. The molecule has 0 amide bonds. The van der Waals surface area contributed by atoms with Crippen molar-refractivity contribution in [2.75, 3.05) is 11.4 Å². The van der Waals surface area contributed by atoms with Crippen molar-refractivity contribution in [3.05, 3.63) is 65.3 Å². The molecule has 0 unspecified atom stereocenters. The molecule has 1 spiro atoms. The van der Waals surface area contributed by atoms with E-state index in [4.69, 9.17) is 16.3 Å². The standard InChI is InChI=1S/C20H20ClNO3S/c1-25-19-8-7-15(13-18(19)21)22(16-9-10-20(14-16)11-12-20)26(23,24)17-5-3-2-4-6-17/h2-9,13H,10-12,14H2,1H3. The Morgan fingerprint density at radius 2 is 1.85 bits per heavy atom. The van der Waals surface area contributed by atoms with Crippen LogP contribution in [0.5, 0.6) is 5.75 Å². The molecular weight excluding hydrogens is 370 g/mol. The van der Waals surface area contributed by atoms with E-state index in [-0.39, 0.29) is 10.3 Å². The molecule has 0 radical (unpaired) electrons. The smallest absolute Gasteiger partial charge is 0.268 e. The van der Waals surface area contributed by atoms with Crippen molar-refractivity contribution in [2.24, 2.45) is 5.41 Å². The van der Waals surface area contributed by atoms with Crippen LogP contribution < -0.4 is 9.04 Å². The zero-order valence-electron chi connectivity index (χ0n) is 14.5. The summed E-state index contributed by atoms with van der Waals surface area (Å²) in [5.41, 5.74) is 1.63. The average Bonchev–Trinajstić information content (AvgIpc) is 3.27. The van der Waals surface area contributed by atoms with Gasteiger partial charge < -0.3 is 4.74 Å². The van der Waals surface area contributed by atoms with Gasteiger partial charge in [0.1, 0.15) is 5.75 Å². The summed E-state index contributed by atoms with van der Waals surface area (Å²) < 4.78 is 33.5. The topological polar surface area (TPSA) is 46.6 Å². The van der Waals surface area contributed by atoms with Gasteiger partial charge in [0.2, 0.25) is 0 Å². The van der Waals surface area contributed by atoms with Crippen molar-refractivity contribution in [1.82, 2.24) is 0 Å². The Labute approximate surface area is 159 Å². The summed E-state index contributed by atoms with van der Waals surface area (Å²) in [6.45, 7) is 0. The monoisotopic (exact) mass is 389 g/mol. The summed E-state index contributed by atoms with van der Waals surface area (Å²) in [6.07, 6.45) is 6.10. The van der Waals surface area contributed by atoms with Crippen molar-refractivity contribution >= 4 is 27.3 Å². The van der Waals surface area contributed by atoms with Crippen LogP contribution in [0, 0.1) is 5.41 Å². The number of rotatable bonds is 5. The predicted octanol–water partition coefficient (Wildman–Crippen LogP) is 5.00. The summed E-state index contributed by atoms with van der Waals surface area (Å²) in [6, 6.07) is 13.6. The molecule has 2 aliphatic carbocycles. The number of hydrogen-bond acceptors (Lipinski definition) is 3. The van der Waals surface area contributed by atoms with Gasteiger partial charge in [-0.25, -0.2) is 12.7 Å². The fourth-order valence-electron chi connectivity index (χ4n) is 3.51. The summed E-state index contributed by atoms with van der Waals surface area (Å²) >= 11 is 6.28. The highest BCUT2D eigenvalue weighted by Gasteiger charge is 2.47. The fourth-order valence-corrected chi connectivity index (χ4v) is 5.32. The maximum Gasteiger partial charge on any atom is 0.268 e. The van der Waals surface area contributed by atoms with Crippen LogP contribution >= 0.6 is 11.6 Å². The number of benzene rings is 2. The molecule has 0 bridgehead atoms. The van der Waals surface area contributed by atoms with Gasteiger partial charge in [0.25, 0.3) is 10.0 Å². The maximum absolute atomic E-state index is 13.4. The van der Waals surface area contributed by atoms with E-state index in [1.54, 1.807) is 42.5 Å². The van der Waals surface area contributed by atoms with Crippen molar-refractivity contribution in [3.8, 4) is 5.75 Å². The minimum absolute atomic E-state index is 0.268. The van der Waals surface area contributed by atoms with Crippen LogP contribution in [0.2, 0.25) is 5.02 Å². The fraction of sp³-hybridized carbons (Fsp3) is 0.300. The first kappa shape index (κ1) is 17.4. The molecule has 0 heterocycles. The third kappa shape index (κ3) is 2.99. The molecule has 0 aromatic heterocycles. The summed E-state index contributed by atoms with van der Waals surface area (Å²) in [5.74, 6) is 0.520. The third-order valence-corrected chi connectivity index (χ3v) is 7.29. The molecule has 4 rings (SSSR count). The molecule has 6 heteroatoms. The summed E-state index contributed by atoms with van der Waals surface area (Å²) in [5, 5.41) is 0.387. The second-order valence-electron chi connectivity index (χ2n) is 6.98. The van der Waals surface area contributed by atoms with Crippen LogP contribution in [0.25, 0.3) is 0 Å². The second kappa shape index (κ2) is 6.32. The van der Waals surface area contributed by atoms with Crippen LogP contribution in [-0.4, -0.2) is 15.5 Å². The van der Waals surface area contributed by atoms with Crippen molar-refractivity contribution < 1.29 is 13.2 Å². The third-order valence-electron chi connectivity index (χ3n) is 5.20. The lowest BCUT2D eigenvalue weighted by Gasteiger charge is -2.27. The first-order valence-corrected chi connectivity index (χ1v) is 10.4. The highest BCUT2D eigenvalue weighted by atomic mass is 35.5. The summed E-state index contributed by atoms with van der Waals surface area (Å²) in [4.78, 5) is 0.268. The van der Waals surface area contributed by atoms with Gasteiger partial charge in [0.05, 0.1) is 22.7 Å². The molecular formula is C20H20ClNO3S. The van der Waals surface area contributed by atoms with Gasteiger partial charge in [-0.05, 0) is 61.4 Å². The predicted molar refractivity (Wildman–Crippen MR) is 103 cm³/mol. The lowest BCUT2D eigenvalue weighted by molar-refractivity contribution is 0.415. The molecule has 1 fully saturated rings. The van der Waals surface area contributed by atoms with Gasteiger partial charge in [0.15, 0.2) is 0 Å². The van der Waals surface area contributed by atoms with Crippen LogP contribution in [0.1, 0.15) is 25.7 Å². The lowest BCUT2D eigenvalue weighted by atomic mass is 10.0. The minimum atomic E-state index is -3.73. The molecule has 1 saturated carbocycles. The quantitative estimate of drug-likeness (QED) is 0.722. The molecule has 2 aromatic rings. The number of anilines is 1. The highest BCUT2D eigenvalue weighted by Crippen LogP contribution is 2.58. The Balaban J connectivity index is 1.81. The second-order valence-corrected chi connectivity index (χ2v) is 9.17. The molecule has 0 N–H and O–H groups in total. The number of hydrogen-bond donors (Lipinski definition) is 0. The van der Waals surface area contributed by atoms with E-state index in [0.717, 1.165) is 31.4 Å². The number of methoxy groups -OCH3 is 1. The molecule has 2 aliphatic rings. The van der Waals surface area contributed by atoms with Crippen LogP contribution in [0.15, 0.2) is 65.2 Å². The van der Waals surface area contributed by atoms with Gasteiger partial charge in [0, 0.05) is 5.70 Å². The lowest BCUT2D eigenvalue weighted by Crippen LogP contribution is -2.30. The van der Waals surface area contributed by atoms with Gasteiger partial charge >= 0.3 is 0 Å². The zero-order chi connectivity index (χ0) is 18.4. The Morgan fingerprint density at radius 3 is 2.42 bits per heavy atom. The molecule has 26 heavy (non-hydrogen) atoms. The molecule has 2 aromatic carbocycles. The Hall–Kier alpha value is -1.98. The number of halogens is 1. The molecule has 0 atom stereocenters. The molecule has 0 saturated heterocycles. The van der Waals surface area contributed by atoms with E-state index < -0.39 is 10.0 Å². The van der Waals surface area contributed by atoms with Crippen LogP contribution in [0.4, 0.5) is 5.69 Å². The van der Waals surface area contributed by atoms with E-state index in [1.807, 2.05) is 6.07 Å². The van der Waals surface area contributed by atoms with E-state index in [1.165, 1.54) is 11.4 Å². The number of nitrogens with zero attached hydrogens (tertiary/aromatic N) is 1. The van der Waals surface area contributed by atoms with E-state index in [9.17, 15) is 8.42 Å². The van der Waals surface area contributed by atoms with E-state index >= 15 is 0 Å². The van der Waals surface area contributed by atoms with Gasteiger partial charge in [-0.3, -0.25) is 0 Å². The minimum Gasteiger partial charge on any atom is -0.495 e. The van der Waals surface area contributed by atoms with E-state index in [2.05, 4.69) is 6.08 Å². The summed E-state index contributed by atoms with van der Waals surface area (Å²) in [7, 11) is -2.19. The molecule has 4 nitrogen and oxygen atoms in total. The maximum atomic E-state index is 13.4. The Morgan fingerprint density at radius 1 is 1.12 bits per heavy atom. The van der Waals surface area contributed by atoms with Crippen molar-refractivity contribution in [1.29, 1.82) is 0 Å². The molecule has 0 aliphatic heterocycles. The van der Waals surface area contributed by atoms with E-state index in [0.29, 0.717) is 16.5 Å². The van der Waals surface area contributed by atoms with Crippen molar-refractivity contribution in [3.63, 3.8) is 0 Å². The zero-order valence-corrected chi connectivity index (χ0v) is 16.1. The van der Waals surface area contributed by atoms with Crippen LogP contribution in [-0.2, 0) is 10.0 Å². The number of allylic oxidation sites excluding steroid dienone is 2. The van der Waals surface area contributed by atoms with Gasteiger partial charge in [-0.1, -0.05) is 35.9 Å². The Kier molecular flexibility index (Phi) is 4.24. The average molecular weight is 390 g/mol. The Bertz CT molecular complexity index is 966. The van der Waals surface area contributed by atoms with Crippen LogP contribution in [0.3, 0.4) is 0 Å². The van der Waals surface area contributed by atoms with Crippen molar-refractivity contribution in [2.45, 2.75) is 30.6 Å². The SMILES string of the molecule is COc1ccc(N(C2=CCC3(CC3)C2)S(=O)(=O)c2ccccc2)cc1Cl. The highest BCUT2D eigenvalue weighted by molar-refractivity contribution is 7.93. The van der Waals surface area contributed by atoms with Gasteiger partial charge in [-0.15, -0.1) is 0 Å². The largest absolute Gasteiger partial charge is 0.495 e. The normalized spacial score (nSPS) is 17.8. The molecule has 136 valence electrons. The number of sulfonamides is 1. The van der Waals surface area contributed by atoms with Gasteiger partial charge in [-0.2, -0.15) is 0 Å².